The third-order valence-corrected chi connectivity index (χ3v) is 5.49. The smallest absolute Gasteiger partial charge is 0.282 e. The van der Waals surface area contributed by atoms with Crippen LogP contribution in [0.15, 0.2) is 35.1 Å². The molecule has 1 aliphatic rings. The van der Waals surface area contributed by atoms with Crippen LogP contribution in [0.3, 0.4) is 0 Å². The second-order valence-corrected chi connectivity index (χ2v) is 6.93. The number of benzene rings is 1. The van der Waals surface area contributed by atoms with Gasteiger partial charge in [-0.05, 0) is 43.4 Å². The van der Waals surface area contributed by atoms with Crippen LogP contribution in [0.5, 0.6) is 0 Å². The summed E-state index contributed by atoms with van der Waals surface area (Å²) in [7, 11) is 0. The van der Waals surface area contributed by atoms with E-state index in [0.29, 0.717) is 11.3 Å². The van der Waals surface area contributed by atoms with E-state index < -0.39 is 0 Å². The van der Waals surface area contributed by atoms with E-state index in [4.69, 9.17) is 5.84 Å². The summed E-state index contributed by atoms with van der Waals surface area (Å²) in [5, 5.41) is 3.85. The predicted octanol–water partition coefficient (Wildman–Crippen LogP) is 3.18. The molecular formula is C17H18N4OS. The summed E-state index contributed by atoms with van der Waals surface area (Å²) in [5.74, 6) is 6.39. The average molecular weight is 326 g/mol. The van der Waals surface area contributed by atoms with Gasteiger partial charge in [-0.3, -0.25) is 4.79 Å². The summed E-state index contributed by atoms with van der Waals surface area (Å²) in [6.07, 6.45) is 5.54. The third-order valence-electron chi connectivity index (χ3n) is 4.30. The van der Waals surface area contributed by atoms with Crippen LogP contribution in [-0.4, -0.2) is 9.66 Å². The molecule has 0 bridgehead atoms. The van der Waals surface area contributed by atoms with Crippen molar-refractivity contribution in [2.75, 3.05) is 11.2 Å². The molecule has 0 saturated heterocycles. The zero-order chi connectivity index (χ0) is 15.8. The molecule has 2 heterocycles. The largest absolute Gasteiger partial charge is 0.333 e. The van der Waals surface area contributed by atoms with E-state index in [1.165, 1.54) is 23.3 Å². The predicted molar refractivity (Wildman–Crippen MR) is 95.0 cm³/mol. The summed E-state index contributed by atoms with van der Waals surface area (Å²) >= 11 is 1.64. The van der Waals surface area contributed by atoms with Crippen molar-refractivity contribution in [3.05, 3.63) is 51.1 Å². The van der Waals surface area contributed by atoms with Crippen LogP contribution in [0.4, 0.5) is 11.6 Å². The fourth-order valence-electron chi connectivity index (χ4n) is 3.13. The minimum Gasteiger partial charge on any atom is -0.333 e. The number of aryl methyl sites for hydroxylation is 2. The lowest BCUT2D eigenvalue weighted by molar-refractivity contribution is 0.713. The van der Waals surface area contributed by atoms with E-state index in [2.05, 4.69) is 10.3 Å². The maximum absolute atomic E-state index is 12.7. The minimum atomic E-state index is -0.159. The van der Waals surface area contributed by atoms with Gasteiger partial charge in [0, 0.05) is 10.6 Å². The first-order chi connectivity index (χ1) is 11.2. The van der Waals surface area contributed by atoms with Gasteiger partial charge in [0.25, 0.3) is 5.56 Å². The minimum absolute atomic E-state index is 0.159. The average Bonchev–Trinajstić information content (AvgIpc) is 2.75. The van der Waals surface area contributed by atoms with Gasteiger partial charge in [0.15, 0.2) is 0 Å². The van der Waals surface area contributed by atoms with Crippen LogP contribution in [0.25, 0.3) is 10.2 Å². The molecule has 118 valence electrons. The number of anilines is 2. The Labute approximate surface area is 137 Å². The molecule has 0 atom stereocenters. The number of hydrogen-bond donors (Lipinski definition) is 2. The van der Waals surface area contributed by atoms with Gasteiger partial charge in [-0.1, -0.05) is 24.6 Å². The van der Waals surface area contributed by atoms with Crippen molar-refractivity contribution in [2.24, 2.45) is 0 Å². The number of para-hydroxylation sites is 1. The first-order valence-corrected chi connectivity index (χ1v) is 8.70. The number of aromatic nitrogens is 2. The highest BCUT2D eigenvalue weighted by molar-refractivity contribution is 7.18. The molecule has 4 rings (SSSR count). The maximum Gasteiger partial charge on any atom is 0.282 e. The lowest BCUT2D eigenvalue weighted by Gasteiger charge is -2.10. The second kappa shape index (κ2) is 5.70. The topological polar surface area (TPSA) is 72.9 Å². The van der Waals surface area contributed by atoms with Crippen molar-refractivity contribution in [3.8, 4) is 0 Å². The van der Waals surface area contributed by atoms with Crippen LogP contribution < -0.4 is 16.7 Å². The zero-order valence-corrected chi connectivity index (χ0v) is 13.5. The molecule has 0 spiro atoms. The molecule has 0 saturated carbocycles. The number of hydrogen-bond acceptors (Lipinski definition) is 5. The first-order valence-electron chi connectivity index (χ1n) is 7.88. The van der Waals surface area contributed by atoms with Crippen molar-refractivity contribution < 1.29 is 0 Å². The Morgan fingerprint density at radius 1 is 1.13 bits per heavy atom. The molecule has 3 N–H and O–H groups in total. The SMILES string of the molecule is Nn1c(Nc2ccccc2)nc2sc3c(c2c1=O)CCCCC3. The highest BCUT2D eigenvalue weighted by atomic mass is 32.1. The Morgan fingerprint density at radius 3 is 2.74 bits per heavy atom. The summed E-state index contributed by atoms with van der Waals surface area (Å²) in [5.41, 5.74) is 1.87. The Balaban J connectivity index is 1.85. The highest BCUT2D eigenvalue weighted by Gasteiger charge is 2.20. The lowest BCUT2D eigenvalue weighted by atomic mass is 10.1. The Kier molecular flexibility index (Phi) is 3.53. The number of nitrogens with one attached hydrogen (secondary N) is 1. The van der Waals surface area contributed by atoms with Crippen molar-refractivity contribution in [1.29, 1.82) is 0 Å². The Hall–Kier alpha value is -2.34. The monoisotopic (exact) mass is 326 g/mol. The third kappa shape index (κ3) is 2.49. The molecule has 23 heavy (non-hydrogen) atoms. The molecule has 0 fully saturated rings. The number of nitrogens with two attached hydrogens (primary N) is 1. The molecule has 2 aromatic heterocycles. The van der Waals surface area contributed by atoms with Crippen molar-refractivity contribution in [3.63, 3.8) is 0 Å². The maximum atomic E-state index is 12.7. The normalized spacial score (nSPS) is 14.4. The quantitative estimate of drug-likeness (QED) is 0.560. The van der Waals surface area contributed by atoms with E-state index in [1.54, 1.807) is 11.3 Å². The molecule has 0 amide bonds. The summed E-state index contributed by atoms with van der Waals surface area (Å²) < 4.78 is 1.13. The van der Waals surface area contributed by atoms with E-state index in [0.717, 1.165) is 34.5 Å². The summed E-state index contributed by atoms with van der Waals surface area (Å²) in [6.45, 7) is 0. The molecule has 1 aliphatic carbocycles. The number of fused-ring (bicyclic) bond motifs is 3. The Bertz CT molecular complexity index is 914. The number of rotatable bonds is 2. The molecule has 5 nitrogen and oxygen atoms in total. The molecule has 0 aliphatic heterocycles. The second-order valence-electron chi connectivity index (χ2n) is 5.85. The van der Waals surface area contributed by atoms with Gasteiger partial charge in [0.2, 0.25) is 5.95 Å². The first kappa shape index (κ1) is 14.3. The van der Waals surface area contributed by atoms with E-state index >= 15 is 0 Å². The van der Waals surface area contributed by atoms with Crippen LogP contribution in [0.2, 0.25) is 0 Å². The standard InChI is InChI=1S/C17H18N4OS/c18-21-16(22)14-12-9-5-2-6-10-13(12)23-15(14)20-17(21)19-11-7-3-1-4-8-11/h1,3-4,7-8H,2,5-6,9-10,18H2,(H,19,20). The van der Waals surface area contributed by atoms with Crippen LogP contribution in [0, 0.1) is 0 Å². The molecule has 3 aromatic rings. The van der Waals surface area contributed by atoms with Crippen molar-refractivity contribution in [2.45, 2.75) is 32.1 Å². The molecular weight excluding hydrogens is 308 g/mol. The molecule has 0 radical (unpaired) electrons. The van der Waals surface area contributed by atoms with Crippen LogP contribution >= 0.6 is 11.3 Å². The fourth-order valence-corrected chi connectivity index (χ4v) is 4.38. The number of nitrogens with zero attached hydrogens (tertiary/aromatic N) is 2. The van der Waals surface area contributed by atoms with Crippen molar-refractivity contribution >= 4 is 33.2 Å². The van der Waals surface area contributed by atoms with Gasteiger partial charge in [0.1, 0.15) is 4.83 Å². The van der Waals surface area contributed by atoms with Crippen molar-refractivity contribution in [1.82, 2.24) is 9.66 Å². The van der Waals surface area contributed by atoms with Crippen LogP contribution in [0.1, 0.15) is 29.7 Å². The lowest BCUT2D eigenvalue weighted by Crippen LogP contribution is -2.30. The molecule has 1 aromatic carbocycles. The van der Waals surface area contributed by atoms with Gasteiger partial charge < -0.3 is 11.2 Å². The Morgan fingerprint density at radius 2 is 1.91 bits per heavy atom. The van der Waals surface area contributed by atoms with E-state index in [9.17, 15) is 4.79 Å². The number of thiophene rings is 1. The van der Waals surface area contributed by atoms with E-state index in [-0.39, 0.29) is 5.56 Å². The van der Waals surface area contributed by atoms with Gasteiger partial charge in [-0.25, -0.2) is 4.98 Å². The highest BCUT2D eigenvalue weighted by Crippen LogP contribution is 2.33. The van der Waals surface area contributed by atoms with Gasteiger partial charge in [0.05, 0.1) is 5.39 Å². The fraction of sp³-hybridized carbons (Fsp3) is 0.294. The zero-order valence-electron chi connectivity index (χ0n) is 12.7. The van der Waals surface area contributed by atoms with E-state index in [1.807, 2.05) is 30.3 Å². The molecule has 6 heteroatoms. The number of nitrogen functional groups attached to an aromatic ring is 1. The summed E-state index contributed by atoms with van der Waals surface area (Å²) in [4.78, 5) is 19.5. The molecule has 0 unspecified atom stereocenters. The summed E-state index contributed by atoms with van der Waals surface area (Å²) in [6, 6.07) is 9.62. The van der Waals surface area contributed by atoms with Gasteiger partial charge >= 0.3 is 0 Å². The van der Waals surface area contributed by atoms with Gasteiger partial charge in [-0.2, -0.15) is 4.68 Å². The van der Waals surface area contributed by atoms with Crippen LogP contribution in [-0.2, 0) is 12.8 Å². The van der Waals surface area contributed by atoms with Gasteiger partial charge in [-0.15, -0.1) is 11.3 Å².